The van der Waals surface area contributed by atoms with E-state index in [-0.39, 0.29) is 11.7 Å². The van der Waals surface area contributed by atoms with Gasteiger partial charge in [-0.3, -0.25) is 4.98 Å². The van der Waals surface area contributed by atoms with Crippen molar-refractivity contribution in [3.63, 3.8) is 0 Å². The Hall–Kier alpha value is -4.00. The maximum atomic E-state index is 12.4. The summed E-state index contributed by atoms with van der Waals surface area (Å²) in [5.41, 5.74) is 4.03. The monoisotopic (exact) mass is 400 g/mol. The van der Waals surface area contributed by atoms with E-state index in [1.165, 1.54) is 6.21 Å². The van der Waals surface area contributed by atoms with E-state index >= 15 is 0 Å². The van der Waals surface area contributed by atoms with Gasteiger partial charge in [-0.2, -0.15) is 0 Å². The number of anilines is 3. The van der Waals surface area contributed by atoms with Crippen LogP contribution in [0, 0.1) is 10.8 Å². The van der Waals surface area contributed by atoms with Crippen LogP contribution < -0.4 is 15.5 Å². The largest absolute Gasteiger partial charge is 0.378 e. The number of benzene rings is 2. The molecular weight excluding hydrogens is 376 g/mol. The molecule has 1 heterocycles. The molecule has 152 valence electrons. The van der Waals surface area contributed by atoms with Crippen LogP contribution >= 0.6 is 0 Å². The summed E-state index contributed by atoms with van der Waals surface area (Å²) < 4.78 is 0. The number of nitrogens with zero attached hydrogens (tertiary/aromatic N) is 2. The van der Waals surface area contributed by atoms with Crippen molar-refractivity contribution < 1.29 is 4.79 Å². The maximum absolute atomic E-state index is 12.4. The Morgan fingerprint density at radius 2 is 1.67 bits per heavy atom. The molecule has 0 saturated heterocycles. The van der Waals surface area contributed by atoms with Crippen LogP contribution in [0.25, 0.3) is 0 Å². The van der Waals surface area contributed by atoms with E-state index in [0.717, 1.165) is 11.3 Å². The van der Waals surface area contributed by atoms with Crippen LogP contribution in [0.5, 0.6) is 0 Å². The topological polar surface area (TPSA) is 105 Å². The van der Waals surface area contributed by atoms with E-state index < -0.39 is 5.92 Å². The maximum Gasteiger partial charge on any atom is 0.323 e. The van der Waals surface area contributed by atoms with Gasteiger partial charge in [-0.15, -0.1) is 0 Å². The SMILES string of the molecule is CN(C)c1ccc(NC(=O)Nc2cccc(C(=N)C(C=N)c3ccncc3)c2)cc1. The van der Waals surface area contributed by atoms with Crippen molar-refractivity contribution in [1.29, 1.82) is 10.8 Å². The number of nitrogens with one attached hydrogen (secondary N) is 4. The first-order chi connectivity index (χ1) is 14.5. The van der Waals surface area contributed by atoms with Gasteiger partial charge in [-0.1, -0.05) is 12.1 Å². The second kappa shape index (κ2) is 9.47. The molecule has 0 radical (unpaired) electrons. The first-order valence-corrected chi connectivity index (χ1v) is 9.42. The van der Waals surface area contributed by atoms with E-state index in [9.17, 15) is 4.79 Å². The lowest BCUT2D eigenvalue weighted by atomic mass is 9.91. The Morgan fingerprint density at radius 3 is 2.30 bits per heavy atom. The normalized spacial score (nSPS) is 11.3. The van der Waals surface area contributed by atoms with Gasteiger partial charge < -0.3 is 26.4 Å². The third-order valence-electron chi connectivity index (χ3n) is 4.62. The number of hydrogen-bond acceptors (Lipinski definition) is 5. The van der Waals surface area contributed by atoms with Gasteiger partial charge in [0.15, 0.2) is 0 Å². The summed E-state index contributed by atoms with van der Waals surface area (Å²) in [6.45, 7) is 0. The Bertz CT molecular complexity index is 1030. The fourth-order valence-corrected chi connectivity index (χ4v) is 3.00. The lowest BCUT2D eigenvalue weighted by molar-refractivity contribution is 0.262. The second-order valence-corrected chi connectivity index (χ2v) is 6.94. The molecule has 0 aliphatic rings. The van der Waals surface area contributed by atoms with Crippen LogP contribution in [0.15, 0.2) is 73.1 Å². The minimum Gasteiger partial charge on any atom is -0.378 e. The molecule has 1 atom stereocenters. The number of rotatable bonds is 7. The van der Waals surface area contributed by atoms with Gasteiger partial charge in [0.05, 0.1) is 11.6 Å². The molecular formula is C23H24N6O. The fourth-order valence-electron chi connectivity index (χ4n) is 3.00. The van der Waals surface area contributed by atoms with Crippen molar-refractivity contribution in [2.45, 2.75) is 5.92 Å². The molecule has 4 N–H and O–H groups in total. The Kier molecular flexibility index (Phi) is 6.54. The van der Waals surface area contributed by atoms with Gasteiger partial charge in [0.25, 0.3) is 0 Å². The number of aromatic nitrogens is 1. The third kappa shape index (κ3) is 5.08. The molecule has 0 bridgehead atoms. The van der Waals surface area contributed by atoms with E-state index in [1.807, 2.05) is 43.3 Å². The van der Waals surface area contributed by atoms with Crippen LogP contribution in [-0.2, 0) is 0 Å². The zero-order valence-corrected chi connectivity index (χ0v) is 16.9. The molecule has 0 aliphatic heterocycles. The summed E-state index contributed by atoms with van der Waals surface area (Å²) in [5, 5.41) is 21.9. The van der Waals surface area contributed by atoms with Crippen LogP contribution in [0.3, 0.4) is 0 Å². The van der Waals surface area contributed by atoms with Crippen molar-refractivity contribution in [3.05, 3.63) is 84.2 Å². The predicted octanol–water partition coefficient (Wildman–Crippen LogP) is 4.59. The highest BCUT2D eigenvalue weighted by Gasteiger charge is 2.17. The number of hydrogen-bond donors (Lipinski definition) is 4. The molecule has 3 rings (SSSR count). The quantitative estimate of drug-likeness (QED) is 0.436. The van der Waals surface area contributed by atoms with Crippen LogP contribution in [0.2, 0.25) is 0 Å². The number of pyridine rings is 1. The van der Waals surface area contributed by atoms with E-state index in [2.05, 4.69) is 15.6 Å². The van der Waals surface area contributed by atoms with Gasteiger partial charge in [0, 0.05) is 49.8 Å². The number of urea groups is 1. The second-order valence-electron chi connectivity index (χ2n) is 6.94. The fraction of sp³-hybridized carbons (Fsp3) is 0.130. The zero-order valence-electron chi connectivity index (χ0n) is 16.9. The molecule has 2 aromatic carbocycles. The smallest absolute Gasteiger partial charge is 0.323 e. The Labute approximate surface area is 175 Å². The summed E-state index contributed by atoms with van der Waals surface area (Å²) in [6, 6.07) is 17.8. The zero-order chi connectivity index (χ0) is 21.5. The average Bonchev–Trinajstić information content (AvgIpc) is 2.75. The van der Waals surface area contributed by atoms with Crippen molar-refractivity contribution in [1.82, 2.24) is 4.98 Å². The lowest BCUT2D eigenvalue weighted by Gasteiger charge is -2.15. The molecule has 0 spiro atoms. The van der Waals surface area contributed by atoms with Crippen LogP contribution in [0.1, 0.15) is 17.0 Å². The Balaban J connectivity index is 1.69. The highest BCUT2D eigenvalue weighted by atomic mass is 16.2. The highest BCUT2D eigenvalue weighted by molar-refractivity contribution is 6.12. The third-order valence-corrected chi connectivity index (χ3v) is 4.62. The van der Waals surface area contributed by atoms with Gasteiger partial charge in [-0.05, 0) is 59.7 Å². The molecule has 7 heteroatoms. The molecule has 0 fully saturated rings. The first-order valence-electron chi connectivity index (χ1n) is 9.42. The van der Waals surface area contributed by atoms with E-state index in [4.69, 9.17) is 10.8 Å². The molecule has 2 amide bonds. The van der Waals surface area contributed by atoms with Gasteiger partial charge in [0.2, 0.25) is 0 Å². The summed E-state index contributed by atoms with van der Waals surface area (Å²) in [6.07, 6.45) is 4.53. The summed E-state index contributed by atoms with van der Waals surface area (Å²) in [7, 11) is 3.91. The van der Waals surface area contributed by atoms with Crippen LogP contribution in [0.4, 0.5) is 21.9 Å². The number of carbonyl (C=O) groups excluding carboxylic acids is 1. The van der Waals surface area contributed by atoms with Gasteiger partial charge in [-0.25, -0.2) is 4.79 Å². The van der Waals surface area contributed by atoms with E-state index in [0.29, 0.717) is 16.9 Å². The van der Waals surface area contributed by atoms with Gasteiger partial charge in [0.1, 0.15) is 0 Å². The molecule has 1 unspecified atom stereocenters. The minimum absolute atomic E-state index is 0.277. The highest BCUT2D eigenvalue weighted by Crippen LogP contribution is 2.21. The molecule has 1 aromatic heterocycles. The first kappa shape index (κ1) is 20.7. The standard InChI is InChI=1S/C23H24N6O/c1-29(2)20-8-6-18(7-9-20)27-23(30)28-19-5-3-4-17(14-19)22(25)21(15-24)16-10-12-26-13-11-16/h3-15,21,24-25H,1-2H3,(H2,27,28,30). The van der Waals surface area contributed by atoms with Gasteiger partial charge >= 0.3 is 6.03 Å². The number of carbonyl (C=O) groups is 1. The number of amides is 2. The lowest BCUT2D eigenvalue weighted by Crippen LogP contribution is -2.20. The van der Waals surface area contributed by atoms with Crippen molar-refractivity contribution in [2.75, 3.05) is 29.6 Å². The molecule has 0 aliphatic carbocycles. The Morgan fingerprint density at radius 1 is 1.00 bits per heavy atom. The molecule has 0 saturated carbocycles. The average molecular weight is 400 g/mol. The van der Waals surface area contributed by atoms with E-state index in [1.54, 1.807) is 48.8 Å². The predicted molar refractivity (Wildman–Crippen MR) is 122 cm³/mol. The van der Waals surface area contributed by atoms with Crippen molar-refractivity contribution in [2.24, 2.45) is 0 Å². The van der Waals surface area contributed by atoms with Crippen LogP contribution in [-0.4, -0.2) is 37.0 Å². The summed E-state index contributed by atoms with van der Waals surface area (Å²) in [4.78, 5) is 18.3. The summed E-state index contributed by atoms with van der Waals surface area (Å²) in [5.74, 6) is -0.479. The van der Waals surface area contributed by atoms with Crippen molar-refractivity contribution in [3.8, 4) is 0 Å². The summed E-state index contributed by atoms with van der Waals surface area (Å²) >= 11 is 0. The molecule has 7 nitrogen and oxygen atoms in total. The molecule has 3 aromatic rings. The van der Waals surface area contributed by atoms with Crippen molar-refractivity contribution >= 4 is 35.0 Å². The molecule has 30 heavy (non-hydrogen) atoms. The minimum atomic E-state index is -0.479.